The molecule has 1 unspecified atom stereocenters. The average Bonchev–Trinajstić information content (AvgIpc) is 2.72. The van der Waals surface area contributed by atoms with Crippen LogP contribution in [0.15, 0.2) is 10.3 Å². The Balaban J connectivity index is 3.26. The van der Waals surface area contributed by atoms with Crippen molar-refractivity contribution in [2.24, 2.45) is 0 Å². The van der Waals surface area contributed by atoms with Gasteiger partial charge in [0, 0.05) is 18.7 Å². The number of nitro groups is 1. The summed E-state index contributed by atoms with van der Waals surface area (Å²) in [6, 6.07) is 0.850. The van der Waals surface area contributed by atoms with Crippen molar-refractivity contribution in [1.29, 1.82) is 0 Å². The average molecular weight is 327 g/mol. The largest absolute Gasteiger partial charge is 0.300 e. The van der Waals surface area contributed by atoms with Crippen LogP contribution >= 0.6 is 22.9 Å². The summed E-state index contributed by atoms with van der Waals surface area (Å²) in [5.41, 5.74) is -0.370. The Morgan fingerprint density at radius 2 is 2.11 bits per heavy atom. The normalized spacial score (nSPS) is 13.7. The van der Waals surface area contributed by atoms with E-state index in [0.717, 1.165) is 6.07 Å². The second-order valence-corrected chi connectivity index (χ2v) is 7.72. The number of halogens is 1. The topological polar surface area (TPSA) is 80.5 Å². The van der Waals surface area contributed by atoms with Crippen molar-refractivity contribution in [3.05, 3.63) is 20.5 Å². The molecular weight excluding hydrogens is 312 g/mol. The first-order chi connectivity index (χ1) is 8.75. The molecule has 0 aliphatic carbocycles. The summed E-state index contributed by atoms with van der Waals surface area (Å²) in [4.78, 5) is 10.0. The van der Waals surface area contributed by atoms with Gasteiger partial charge in [-0.2, -0.15) is 4.31 Å². The molecule has 0 aliphatic heterocycles. The van der Waals surface area contributed by atoms with Gasteiger partial charge < -0.3 is 0 Å². The predicted molar refractivity (Wildman–Crippen MR) is 75.3 cm³/mol. The van der Waals surface area contributed by atoms with Crippen LogP contribution in [0.25, 0.3) is 0 Å². The molecule has 0 saturated heterocycles. The lowest BCUT2D eigenvalue weighted by atomic mass is 10.3. The van der Waals surface area contributed by atoms with Crippen LogP contribution in [-0.4, -0.2) is 30.2 Å². The van der Waals surface area contributed by atoms with Gasteiger partial charge in [0.05, 0.1) is 4.92 Å². The van der Waals surface area contributed by atoms with E-state index >= 15 is 0 Å². The Kier molecular flexibility index (Phi) is 5.31. The zero-order valence-electron chi connectivity index (χ0n) is 10.8. The third-order valence-electron chi connectivity index (χ3n) is 2.80. The molecule has 1 aromatic rings. The molecule has 1 heterocycles. The second-order valence-electron chi connectivity index (χ2n) is 3.95. The van der Waals surface area contributed by atoms with Crippen molar-refractivity contribution in [3.8, 4) is 0 Å². The Labute approximate surface area is 121 Å². The monoisotopic (exact) mass is 326 g/mol. The summed E-state index contributed by atoms with van der Waals surface area (Å²) >= 11 is 6.42. The maximum atomic E-state index is 12.4. The van der Waals surface area contributed by atoms with Crippen LogP contribution in [0, 0.1) is 10.1 Å². The molecule has 0 spiro atoms. The van der Waals surface area contributed by atoms with Gasteiger partial charge in [-0.15, -0.1) is 11.3 Å². The van der Waals surface area contributed by atoms with E-state index in [4.69, 9.17) is 11.6 Å². The number of sulfonamides is 1. The standard InChI is InChI=1S/C10H15ClN2O4S2/c1-4-7(3)12(5-2)19(16,17)9-6-8(13(14)15)10(11)18-9/h6-7H,4-5H2,1-3H3. The summed E-state index contributed by atoms with van der Waals surface area (Å²) in [7, 11) is -3.73. The Morgan fingerprint density at radius 1 is 1.53 bits per heavy atom. The summed E-state index contributed by atoms with van der Waals surface area (Å²) in [6.45, 7) is 5.71. The SMILES string of the molecule is CCC(C)N(CC)S(=O)(=O)c1cc([N+](=O)[O-])c(Cl)s1. The second kappa shape index (κ2) is 6.17. The predicted octanol–water partition coefficient (Wildman–Crippen LogP) is 3.12. The third kappa shape index (κ3) is 3.25. The van der Waals surface area contributed by atoms with Gasteiger partial charge >= 0.3 is 0 Å². The van der Waals surface area contributed by atoms with Crippen LogP contribution in [0.3, 0.4) is 0 Å². The van der Waals surface area contributed by atoms with Crippen molar-refractivity contribution < 1.29 is 13.3 Å². The fourth-order valence-electron chi connectivity index (χ4n) is 1.63. The lowest BCUT2D eigenvalue weighted by Crippen LogP contribution is -2.37. The first-order valence-electron chi connectivity index (χ1n) is 5.71. The molecule has 0 saturated carbocycles. The van der Waals surface area contributed by atoms with Crippen LogP contribution in [0.5, 0.6) is 0 Å². The van der Waals surface area contributed by atoms with E-state index in [9.17, 15) is 18.5 Å². The van der Waals surface area contributed by atoms with Gasteiger partial charge in [-0.3, -0.25) is 10.1 Å². The van der Waals surface area contributed by atoms with Gasteiger partial charge in [0.15, 0.2) is 4.34 Å². The Hall–Kier alpha value is -0.700. The zero-order valence-corrected chi connectivity index (χ0v) is 13.2. The minimum absolute atomic E-state index is 0.0913. The Bertz CT molecular complexity index is 570. The summed E-state index contributed by atoms with van der Waals surface area (Å²) in [5.74, 6) is 0. The maximum absolute atomic E-state index is 12.4. The molecule has 0 radical (unpaired) electrons. The minimum atomic E-state index is -3.73. The highest BCUT2D eigenvalue weighted by molar-refractivity contribution is 7.91. The van der Waals surface area contributed by atoms with Crippen LogP contribution in [0.2, 0.25) is 4.34 Å². The number of hydrogen-bond donors (Lipinski definition) is 0. The quantitative estimate of drug-likeness (QED) is 0.594. The van der Waals surface area contributed by atoms with E-state index in [1.807, 2.05) is 6.92 Å². The van der Waals surface area contributed by atoms with Crippen molar-refractivity contribution in [3.63, 3.8) is 0 Å². The summed E-state index contributed by atoms with van der Waals surface area (Å²) in [6.07, 6.45) is 0.661. The highest BCUT2D eigenvalue weighted by atomic mass is 35.5. The highest BCUT2D eigenvalue weighted by Gasteiger charge is 2.31. The van der Waals surface area contributed by atoms with Crippen LogP contribution in [-0.2, 0) is 10.0 Å². The lowest BCUT2D eigenvalue weighted by molar-refractivity contribution is -0.384. The highest BCUT2D eigenvalue weighted by Crippen LogP contribution is 2.37. The van der Waals surface area contributed by atoms with E-state index in [1.54, 1.807) is 13.8 Å². The molecular formula is C10H15ClN2O4S2. The molecule has 6 nitrogen and oxygen atoms in total. The van der Waals surface area contributed by atoms with Gasteiger partial charge in [0.1, 0.15) is 4.21 Å². The molecule has 1 aromatic heterocycles. The van der Waals surface area contributed by atoms with Gasteiger partial charge in [-0.1, -0.05) is 25.4 Å². The zero-order chi connectivity index (χ0) is 14.8. The number of thiophene rings is 1. The fourth-order valence-corrected chi connectivity index (χ4v) is 5.14. The molecule has 0 aliphatic rings. The van der Waals surface area contributed by atoms with Crippen molar-refractivity contribution in [1.82, 2.24) is 4.31 Å². The van der Waals surface area contributed by atoms with Crippen molar-refractivity contribution in [2.45, 2.75) is 37.4 Å². The van der Waals surface area contributed by atoms with Crippen LogP contribution < -0.4 is 0 Å². The number of hydrogen-bond acceptors (Lipinski definition) is 5. The van der Waals surface area contributed by atoms with Gasteiger partial charge in [-0.05, 0) is 13.3 Å². The van der Waals surface area contributed by atoms with Crippen LogP contribution in [0.4, 0.5) is 5.69 Å². The van der Waals surface area contributed by atoms with Gasteiger partial charge in [-0.25, -0.2) is 8.42 Å². The molecule has 0 bridgehead atoms. The molecule has 19 heavy (non-hydrogen) atoms. The molecule has 9 heteroatoms. The molecule has 0 N–H and O–H groups in total. The van der Waals surface area contributed by atoms with E-state index in [2.05, 4.69) is 0 Å². The number of nitrogens with zero attached hydrogens (tertiary/aromatic N) is 2. The smallest absolute Gasteiger partial charge is 0.258 e. The summed E-state index contributed by atoms with van der Waals surface area (Å²) < 4.78 is 25.9. The van der Waals surface area contributed by atoms with Gasteiger partial charge in [0.25, 0.3) is 15.7 Å². The van der Waals surface area contributed by atoms with E-state index in [1.165, 1.54) is 4.31 Å². The van der Waals surface area contributed by atoms with E-state index in [-0.39, 0.29) is 20.3 Å². The third-order valence-corrected chi connectivity index (χ3v) is 6.68. The van der Waals surface area contributed by atoms with E-state index in [0.29, 0.717) is 24.3 Å². The molecule has 108 valence electrons. The first-order valence-corrected chi connectivity index (χ1v) is 8.34. The van der Waals surface area contributed by atoms with Crippen molar-refractivity contribution in [2.75, 3.05) is 6.54 Å². The lowest BCUT2D eigenvalue weighted by Gasteiger charge is -2.25. The molecule has 0 fully saturated rings. The number of rotatable bonds is 6. The fraction of sp³-hybridized carbons (Fsp3) is 0.600. The Morgan fingerprint density at radius 3 is 2.47 bits per heavy atom. The summed E-state index contributed by atoms with van der Waals surface area (Å²) in [5, 5.41) is 10.7. The molecule has 1 rings (SSSR count). The van der Waals surface area contributed by atoms with Crippen LogP contribution in [0.1, 0.15) is 27.2 Å². The molecule has 0 aromatic carbocycles. The molecule has 0 amide bonds. The van der Waals surface area contributed by atoms with Crippen molar-refractivity contribution >= 4 is 38.6 Å². The maximum Gasteiger partial charge on any atom is 0.300 e. The molecule has 1 atom stereocenters. The van der Waals surface area contributed by atoms with E-state index < -0.39 is 14.9 Å². The van der Waals surface area contributed by atoms with Gasteiger partial charge in [0.2, 0.25) is 0 Å². The first kappa shape index (κ1) is 16.4. The minimum Gasteiger partial charge on any atom is -0.258 e.